The average Bonchev–Trinajstić information content (AvgIpc) is 2.99. The predicted molar refractivity (Wildman–Crippen MR) is 157 cm³/mol. The van der Waals surface area contributed by atoms with E-state index >= 15 is 0 Å². The van der Waals surface area contributed by atoms with Crippen LogP contribution >= 0.6 is 0 Å². The monoisotopic (exact) mass is 708 g/mol. The van der Waals surface area contributed by atoms with Gasteiger partial charge in [-0.3, -0.25) is 24.4 Å². The smallest absolute Gasteiger partial charge is 0.481 e. The van der Waals surface area contributed by atoms with Crippen LogP contribution in [-0.2, 0) is 33.8 Å². The number of hydrogen-bond donors (Lipinski definition) is 5. The van der Waals surface area contributed by atoms with E-state index in [9.17, 15) is 46.0 Å². The molecular formula is C29H35F3N2O13S. The van der Waals surface area contributed by atoms with E-state index in [1.165, 1.54) is 41.9 Å². The van der Waals surface area contributed by atoms with Crippen molar-refractivity contribution in [3.05, 3.63) is 48.5 Å². The standard InChI is InChI=1S/C22H25F3N2O7S.C7H10O6/c1-32-15-14-27-12-10-21(11-13-27,20(28)26-29)35(30,31)19-8-6-17(7-9-19)33-16-2-4-18(5-3-16)34-22(23,24)25;1-7(6(12)13,2-4(8)9)3-5(10)11/h2-9,29H,10-15H2,1H3,(H,26,28);2-3H2,1H3,(H,8,9)(H,10,11)(H,12,13). The fourth-order valence-corrected chi connectivity index (χ4v) is 6.67. The normalized spacial score (nSPS) is 15.0. The van der Waals surface area contributed by atoms with Gasteiger partial charge < -0.3 is 34.4 Å². The number of alkyl halides is 3. The van der Waals surface area contributed by atoms with Gasteiger partial charge in [-0.25, -0.2) is 13.9 Å². The molecule has 0 saturated carbocycles. The predicted octanol–water partition coefficient (Wildman–Crippen LogP) is 3.16. The molecule has 48 heavy (non-hydrogen) atoms. The van der Waals surface area contributed by atoms with E-state index in [1.807, 2.05) is 4.90 Å². The highest BCUT2D eigenvalue weighted by Crippen LogP contribution is 2.37. The third-order valence-corrected chi connectivity index (χ3v) is 9.85. The lowest BCUT2D eigenvalue weighted by Gasteiger charge is -2.39. The number of amides is 1. The van der Waals surface area contributed by atoms with Gasteiger partial charge >= 0.3 is 24.3 Å². The lowest BCUT2D eigenvalue weighted by atomic mass is 9.83. The molecule has 1 amide bonds. The van der Waals surface area contributed by atoms with Gasteiger partial charge in [0, 0.05) is 26.7 Å². The van der Waals surface area contributed by atoms with Gasteiger partial charge in [-0.2, -0.15) is 0 Å². The molecule has 0 radical (unpaired) electrons. The summed E-state index contributed by atoms with van der Waals surface area (Å²) in [6.45, 7) is 2.79. The maximum atomic E-state index is 13.5. The number of nitrogens with zero attached hydrogens (tertiary/aromatic N) is 1. The van der Waals surface area contributed by atoms with Gasteiger partial charge in [-0.1, -0.05) is 0 Å². The number of rotatable bonds is 14. The number of carboxylic acid groups (broad SMARTS) is 3. The van der Waals surface area contributed by atoms with E-state index in [-0.39, 0.29) is 29.2 Å². The Hall–Kier alpha value is -4.46. The number of hydrogen-bond acceptors (Lipinski definition) is 11. The zero-order valence-corrected chi connectivity index (χ0v) is 26.5. The fraction of sp³-hybridized carbons (Fsp3) is 0.448. The molecule has 5 N–H and O–H groups in total. The van der Waals surface area contributed by atoms with Crippen LogP contribution in [0.4, 0.5) is 13.2 Å². The zero-order chi connectivity index (χ0) is 36.3. The Morgan fingerprint density at radius 2 is 1.33 bits per heavy atom. The summed E-state index contributed by atoms with van der Waals surface area (Å²) in [6, 6.07) is 9.98. The number of benzene rings is 2. The molecule has 0 bridgehead atoms. The highest BCUT2D eigenvalue weighted by Gasteiger charge is 2.53. The van der Waals surface area contributed by atoms with E-state index in [2.05, 4.69) is 4.74 Å². The third-order valence-electron chi connectivity index (χ3n) is 7.33. The van der Waals surface area contributed by atoms with Crippen LogP contribution in [0, 0.1) is 5.41 Å². The van der Waals surface area contributed by atoms with Crippen LogP contribution in [0.1, 0.15) is 32.6 Å². The number of piperidine rings is 1. The van der Waals surface area contributed by atoms with Gasteiger partial charge in [-0.15, -0.1) is 13.2 Å². The summed E-state index contributed by atoms with van der Waals surface area (Å²) in [5.41, 5.74) is -0.233. The summed E-state index contributed by atoms with van der Waals surface area (Å²) in [5, 5.41) is 34.6. The van der Waals surface area contributed by atoms with E-state index in [4.69, 9.17) is 24.8 Å². The number of ether oxygens (including phenoxy) is 3. The first-order valence-electron chi connectivity index (χ1n) is 14.0. The number of carbonyl (C=O) groups excluding carboxylic acids is 1. The molecule has 0 unspecified atom stereocenters. The van der Waals surface area contributed by atoms with Crippen LogP contribution in [0.2, 0.25) is 0 Å². The lowest BCUT2D eigenvalue weighted by Crippen LogP contribution is -2.57. The molecule has 0 spiro atoms. The molecular weight excluding hydrogens is 673 g/mol. The highest BCUT2D eigenvalue weighted by molar-refractivity contribution is 7.93. The second kappa shape index (κ2) is 16.6. The molecule has 266 valence electrons. The number of nitrogens with one attached hydrogen (secondary N) is 1. The zero-order valence-electron chi connectivity index (χ0n) is 25.7. The summed E-state index contributed by atoms with van der Waals surface area (Å²) >= 11 is 0. The Morgan fingerprint density at radius 1 is 0.875 bits per heavy atom. The third kappa shape index (κ3) is 10.8. The molecule has 2 aromatic carbocycles. The lowest BCUT2D eigenvalue weighted by molar-refractivity contribution is -0.274. The van der Waals surface area contributed by atoms with Crippen molar-refractivity contribution in [2.75, 3.05) is 33.4 Å². The average molecular weight is 709 g/mol. The van der Waals surface area contributed by atoms with Crippen molar-refractivity contribution in [3.63, 3.8) is 0 Å². The number of sulfone groups is 1. The number of carboxylic acids is 3. The van der Waals surface area contributed by atoms with Crippen molar-refractivity contribution in [2.24, 2.45) is 5.41 Å². The molecule has 0 aliphatic carbocycles. The SMILES string of the molecule is CC(CC(=O)O)(CC(=O)O)C(=O)O.COCCN1CCC(C(=O)NO)(S(=O)(=O)c2ccc(Oc3ccc(OC(F)(F)F)cc3)cc2)CC1. The summed E-state index contributed by atoms with van der Waals surface area (Å²) in [4.78, 5) is 45.5. The van der Waals surface area contributed by atoms with Gasteiger partial charge in [0.15, 0.2) is 14.6 Å². The fourth-order valence-electron chi connectivity index (χ4n) is 4.72. The van der Waals surface area contributed by atoms with Crippen LogP contribution in [0.25, 0.3) is 0 Å². The number of halogens is 3. The molecule has 0 aromatic heterocycles. The maximum Gasteiger partial charge on any atom is 0.573 e. The minimum absolute atomic E-state index is 0.0178. The second-order valence-electron chi connectivity index (χ2n) is 10.9. The van der Waals surface area contributed by atoms with Gasteiger partial charge in [-0.05, 0) is 68.3 Å². The van der Waals surface area contributed by atoms with E-state index in [0.29, 0.717) is 26.2 Å². The number of methoxy groups -OCH3 is 1. The van der Waals surface area contributed by atoms with Crippen molar-refractivity contribution in [2.45, 2.75) is 48.6 Å². The first-order chi connectivity index (χ1) is 22.3. The Balaban J connectivity index is 0.000000521. The molecule has 3 rings (SSSR count). The van der Waals surface area contributed by atoms with Gasteiger partial charge in [0.1, 0.15) is 17.2 Å². The van der Waals surface area contributed by atoms with Crippen molar-refractivity contribution in [1.29, 1.82) is 0 Å². The van der Waals surface area contributed by atoms with E-state index in [0.717, 1.165) is 19.1 Å². The first-order valence-corrected chi connectivity index (χ1v) is 15.5. The van der Waals surface area contributed by atoms with E-state index in [1.54, 1.807) is 7.11 Å². The van der Waals surface area contributed by atoms with Crippen LogP contribution in [-0.4, -0.2) is 102 Å². The molecule has 1 fully saturated rings. The van der Waals surface area contributed by atoms with Crippen LogP contribution < -0.4 is 15.0 Å². The Kier molecular flexibility index (Phi) is 13.7. The van der Waals surface area contributed by atoms with Gasteiger partial charge in [0.05, 0.1) is 29.8 Å². The van der Waals surface area contributed by atoms with Crippen LogP contribution in [0.5, 0.6) is 17.2 Å². The van der Waals surface area contributed by atoms with Crippen molar-refractivity contribution >= 4 is 33.7 Å². The highest BCUT2D eigenvalue weighted by atomic mass is 32.2. The van der Waals surface area contributed by atoms with Gasteiger partial charge in [0.2, 0.25) is 0 Å². The topological polar surface area (TPSA) is 226 Å². The Bertz CT molecular complexity index is 1510. The number of aliphatic carboxylic acids is 3. The van der Waals surface area contributed by atoms with E-state index < -0.39 is 68.8 Å². The van der Waals surface area contributed by atoms with Crippen molar-refractivity contribution in [1.82, 2.24) is 10.4 Å². The number of hydroxylamine groups is 1. The molecule has 2 aromatic rings. The summed E-state index contributed by atoms with van der Waals surface area (Å²) in [5.74, 6) is -5.05. The van der Waals surface area contributed by atoms with Crippen LogP contribution in [0.3, 0.4) is 0 Å². The molecule has 1 saturated heterocycles. The molecule has 1 heterocycles. The molecule has 1 aliphatic heterocycles. The maximum absolute atomic E-state index is 13.5. The molecule has 15 nitrogen and oxygen atoms in total. The van der Waals surface area contributed by atoms with Crippen molar-refractivity contribution < 1.29 is 75.5 Å². The first kappa shape index (κ1) is 39.7. The minimum atomic E-state index is -4.81. The quantitative estimate of drug-likeness (QED) is 0.140. The minimum Gasteiger partial charge on any atom is -0.481 e. The summed E-state index contributed by atoms with van der Waals surface area (Å²) in [6.07, 6.45) is -6.25. The Morgan fingerprint density at radius 3 is 1.73 bits per heavy atom. The summed E-state index contributed by atoms with van der Waals surface area (Å²) in [7, 11) is -2.64. The van der Waals surface area contributed by atoms with Crippen LogP contribution in [0.15, 0.2) is 53.4 Å². The number of carbonyl (C=O) groups is 4. The number of likely N-dealkylation sites (tertiary alicyclic amines) is 1. The molecule has 1 aliphatic rings. The molecule has 0 atom stereocenters. The Labute approximate surface area is 272 Å². The van der Waals surface area contributed by atoms with Gasteiger partial charge in [0.25, 0.3) is 5.91 Å². The second-order valence-corrected chi connectivity index (χ2v) is 13.1. The molecule has 19 heteroatoms. The van der Waals surface area contributed by atoms with Crippen molar-refractivity contribution in [3.8, 4) is 17.2 Å². The largest absolute Gasteiger partial charge is 0.573 e. The summed E-state index contributed by atoms with van der Waals surface area (Å²) < 4.78 is 76.4.